The number of amides is 1. The lowest BCUT2D eigenvalue weighted by Gasteiger charge is -2.16. The molecule has 0 saturated carbocycles. The molecule has 1 aromatic carbocycles. The van der Waals surface area contributed by atoms with Crippen LogP contribution >= 0.6 is 11.8 Å². The average molecular weight is 358 g/mol. The third-order valence-electron chi connectivity index (χ3n) is 3.55. The van der Waals surface area contributed by atoms with Crippen molar-refractivity contribution in [3.8, 4) is 5.75 Å². The number of hydrogen-bond donors (Lipinski definition) is 3. The minimum absolute atomic E-state index is 0.244. The van der Waals surface area contributed by atoms with E-state index in [4.69, 9.17) is 10.5 Å². The molecule has 8 nitrogen and oxygen atoms in total. The summed E-state index contributed by atoms with van der Waals surface area (Å²) in [5.74, 6) is 0.328. The number of primary amides is 1. The van der Waals surface area contributed by atoms with Crippen LogP contribution in [0.25, 0.3) is 0 Å². The second kappa shape index (κ2) is 7.95. The number of benzene rings is 1. The Morgan fingerprint density at radius 1 is 1.28 bits per heavy atom. The minimum Gasteiger partial charge on any atom is -0.497 e. The van der Waals surface area contributed by atoms with Crippen LogP contribution in [0.4, 0.5) is 5.69 Å². The fourth-order valence-electron chi connectivity index (χ4n) is 2.29. The van der Waals surface area contributed by atoms with Gasteiger partial charge in [-0.2, -0.15) is 0 Å². The maximum atomic E-state index is 11.7. The van der Waals surface area contributed by atoms with Gasteiger partial charge in [0, 0.05) is 6.54 Å². The van der Waals surface area contributed by atoms with Crippen molar-refractivity contribution < 1.29 is 9.53 Å². The normalized spacial score (nSPS) is 19.3. The molecular weight excluding hydrogens is 340 g/mol. The number of hydrogen-bond acceptors (Lipinski definition) is 8. The lowest BCUT2D eigenvalue weighted by atomic mass is 10.2. The van der Waals surface area contributed by atoms with Crippen molar-refractivity contribution in [2.75, 3.05) is 12.4 Å². The maximum absolute atomic E-state index is 11.7. The number of aromatic nitrogens is 2. The highest BCUT2D eigenvalue weighted by atomic mass is 32.2. The van der Waals surface area contributed by atoms with Gasteiger partial charge in [-0.15, -0.1) is 0 Å². The summed E-state index contributed by atoms with van der Waals surface area (Å²) in [6.07, 6.45) is 4.71. The van der Waals surface area contributed by atoms with Crippen molar-refractivity contribution in [2.45, 2.75) is 18.0 Å². The second-order valence-corrected chi connectivity index (χ2v) is 6.43. The number of nitrogens with two attached hydrogens (primary N) is 1. The fraction of sp³-hybridized carbons (Fsp3) is 0.250. The second-order valence-electron chi connectivity index (χ2n) is 5.30. The molecule has 1 aliphatic heterocycles. The summed E-state index contributed by atoms with van der Waals surface area (Å²) in [6.45, 7) is 0.586. The Hall–Kier alpha value is -2.65. The Bertz CT molecular complexity index is 753. The smallest absolute Gasteiger partial charge is 0.244 e. The van der Waals surface area contributed by atoms with E-state index in [2.05, 4.69) is 25.6 Å². The summed E-state index contributed by atoms with van der Waals surface area (Å²) in [4.78, 5) is 23.9. The van der Waals surface area contributed by atoms with Gasteiger partial charge in [-0.25, -0.2) is 15.0 Å². The van der Waals surface area contributed by atoms with Crippen LogP contribution in [0, 0.1) is 0 Å². The molecule has 4 N–H and O–H groups in total. The van der Waals surface area contributed by atoms with Crippen molar-refractivity contribution in [3.05, 3.63) is 48.5 Å². The molecule has 0 radical (unpaired) electrons. The highest BCUT2D eigenvalue weighted by Crippen LogP contribution is 2.26. The first-order valence-corrected chi connectivity index (χ1v) is 8.46. The first-order chi connectivity index (χ1) is 12.2. The van der Waals surface area contributed by atoms with E-state index in [0.29, 0.717) is 17.4 Å². The summed E-state index contributed by atoms with van der Waals surface area (Å²) in [5.41, 5.74) is 7.26. The van der Waals surface area contributed by atoms with E-state index < -0.39 is 11.9 Å². The molecule has 0 spiro atoms. The molecule has 0 fully saturated rings. The van der Waals surface area contributed by atoms with E-state index >= 15 is 0 Å². The first-order valence-electron chi connectivity index (χ1n) is 7.58. The Morgan fingerprint density at radius 3 is 2.64 bits per heavy atom. The van der Waals surface area contributed by atoms with E-state index in [-0.39, 0.29) is 5.37 Å². The molecule has 2 heterocycles. The monoisotopic (exact) mass is 358 g/mol. The first kappa shape index (κ1) is 17.2. The average Bonchev–Trinajstić information content (AvgIpc) is 3.04. The lowest BCUT2D eigenvalue weighted by Crippen LogP contribution is -2.41. The van der Waals surface area contributed by atoms with E-state index in [1.54, 1.807) is 19.5 Å². The van der Waals surface area contributed by atoms with Crippen LogP contribution in [-0.4, -0.2) is 39.6 Å². The summed E-state index contributed by atoms with van der Waals surface area (Å²) >= 11 is 1.42. The fourth-order valence-corrected chi connectivity index (χ4v) is 3.37. The SMILES string of the molecule is COc1ccc(CNC2SC(Nc3cncnc3)=NC2C(N)=O)cc1. The Kier molecular flexibility index (Phi) is 5.46. The third-order valence-corrected chi connectivity index (χ3v) is 4.66. The predicted molar refractivity (Wildman–Crippen MR) is 97.3 cm³/mol. The van der Waals surface area contributed by atoms with Gasteiger partial charge in [-0.1, -0.05) is 23.9 Å². The topological polar surface area (TPSA) is 115 Å². The maximum Gasteiger partial charge on any atom is 0.244 e. The van der Waals surface area contributed by atoms with Crippen LogP contribution < -0.4 is 21.1 Å². The van der Waals surface area contributed by atoms with Crippen LogP contribution in [0.15, 0.2) is 48.0 Å². The highest BCUT2D eigenvalue weighted by Gasteiger charge is 2.34. The van der Waals surface area contributed by atoms with E-state index in [0.717, 1.165) is 11.3 Å². The number of nitrogens with zero attached hydrogens (tertiary/aromatic N) is 3. The molecule has 0 aliphatic carbocycles. The summed E-state index contributed by atoms with van der Waals surface area (Å²) in [7, 11) is 1.63. The Morgan fingerprint density at radius 2 is 2.00 bits per heavy atom. The molecule has 1 aromatic heterocycles. The van der Waals surface area contributed by atoms with Crippen LogP contribution in [0.5, 0.6) is 5.75 Å². The number of ether oxygens (including phenoxy) is 1. The number of methoxy groups -OCH3 is 1. The van der Waals surface area contributed by atoms with Crippen molar-refractivity contribution in [1.82, 2.24) is 15.3 Å². The zero-order chi connectivity index (χ0) is 17.6. The van der Waals surface area contributed by atoms with Crippen LogP contribution in [0.1, 0.15) is 5.56 Å². The van der Waals surface area contributed by atoms with Crippen molar-refractivity contribution in [2.24, 2.45) is 10.7 Å². The standard InChI is InChI=1S/C16H18N6O2S/c1-24-12-4-2-10(3-5-12)6-20-15-13(14(17)23)22-16(25-15)21-11-7-18-9-19-8-11/h2-5,7-9,13,15,20H,6H2,1H3,(H2,17,23)(H,21,22). The van der Waals surface area contributed by atoms with Gasteiger partial charge in [0.05, 0.1) is 30.6 Å². The number of anilines is 1. The molecular formula is C16H18N6O2S. The molecule has 130 valence electrons. The van der Waals surface area contributed by atoms with E-state index in [1.807, 2.05) is 24.3 Å². The molecule has 3 rings (SSSR count). The van der Waals surface area contributed by atoms with Crippen LogP contribution in [0.2, 0.25) is 0 Å². The molecule has 25 heavy (non-hydrogen) atoms. The van der Waals surface area contributed by atoms with Crippen molar-refractivity contribution in [1.29, 1.82) is 0 Å². The Labute approximate surface area is 149 Å². The lowest BCUT2D eigenvalue weighted by molar-refractivity contribution is -0.119. The van der Waals surface area contributed by atoms with Crippen molar-refractivity contribution >= 4 is 28.5 Å². The van der Waals surface area contributed by atoms with Gasteiger partial charge in [0.25, 0.3) is 0 Å². The van der Waals surface area contributed by atoms with Crippen molar-refractivity contribution in [3.63, 3.8) is 0 Å². The van der Waals surface area contributed by atoms with Crippen LogP contribution in [0.3, 0.4) is 0 Å². The van der Waals surface area contributed by atoms with Gasteiger partial charge < -0.3 is 15.8 Å². The number of nitrogens with one attached hydrogen (secondary N) is 2. The minimum atomic E-state index is -0.643. The number of rotatable bonds is 6. The molecule has 0 bridgehead atoms. The van der Waals surface area contributed by atoms with E-state index in [9.17, 15) is 4.79 Å². The third kappa shape index (κ3) is 4.46. The van der Waals surface area contributed by atoms with Gasteiger partial charge >= 0.3 is 0 Å². The zero-order valence-electron chi connectivity index (χ0n) is 13.5. The molecule has 1 aliphatic rings. The quantitative estimate of drug-likeness (QED) is 0.705. The highest BCUT2D eigenvalue weighted by molar-refractivity contribution is 8.15. The number of carbonyl (C=O) groups is 1. The van der Waals surface area contributed by atoms with E-state index in [1.165, 1.54) is 18.1 Å². The molecule has 9 heteroatoms. The van der Waals surface area contributed by atoms with Gasteiger partial charge in [0.15, 0.2) is 11.2 Å². The largest absolute Gasteiger partial charge is 0.497 e. The van der Waals surface area contributed by atoms with Gasteiger partial charge in [-0.05, 0) is 17.7 Å². The summed E-state index contributed by atoms with van der Waals surface area (Å²) in [5, 5.41) is 6.77. The van der Waals surface area contributed by atoms with Crippen LogP contribution in [-0.2, 0) is 11.3 Å². The summed E-state index contributed by atoms with van der Waals surface area (Å²) < 4.78 is 5.14. The molecule has 0 saturated heterocycles. The molecule has 1 amide bonds. The summed E-state index contributed by atoms with van der Waals surface area (Å²) in [6, 6.07) is 7.07. The number of amidine groups is 1. The number of carbonyl (C=O) groups excluding carboxylic acids is 1. The molecule has 2 atom stereocenters. The number of thioether (sulfide) groups is 1. The van der Waals surface area contributed by atoms with Gasteiger partial charge in [-0.3, -0.25) is 10.1 Å². The molecule has 2 aromatic rings. The van der Waals surface area contributed by atoms with Gasteiger partial charge in [0.2, 0.25) is 5.91 Å². The predicted octanol–water partition coefficient (Wildman–Crippen LogP) is 0.970. The molecule has 2 unspecified atom stereocenters. The number of aliphatic imine (C=N–C) groups is 1. The van der Waals surface area contributed by atoms with Gasteiger partial charge in [0.1, 0.15) is 12.1 Å². The zero-order valence-corrected chi connectivity index (χ0v) is 14.4. The Balaban J connectivity index is 1.61.